The van der Waals surface area contributed by atoms with Crippen LogP contribution in [0.3, 0.4) is 0 Å². The Bertz CT molecular complexity index is 270. The highest BCUT2D eigenvalue weighted by Gasteiger charge is 2.00. The Morgan fingerprint density at radius 1 is 1.69 bits per heavy atom. The Hall–Kier alpha value is -0.800. The van der Waals surface area contributed by atoms with E-state index in [1.54, 1.807) is 18.4 Å². The quantitative estimate of drug-likeness (QED) is 0.732. The van der Waals surface area contributed by atoms with Gasteiger partial charge in [-0.25, -0.2) is 0 Å². The minimum Gasteiger partial charge on any atom is -0.487 e. The maximum atomic E-state index is 5.10. The summed E-state index contributed by atoms with van der Waals surface area (Å²) >= 11 is 1.67. The molecule has 0 aromatic carbocycles. The Labute approximate surface area is 83.2 Å². The minimum atomic E-state index is 0.355. The summed E-state index contributed by atoms with van der Waals surface area (Å²) in [6.45, 7) is 6.67. The van der Waals surface area contributed by atoms with Crippen LogP contribution in [0.25, 0.3) is 0 Å². The zero-order valence-electron chi connectivity index (χ0n) is 8.04. The maximum Gasteiger partial charge on any atom is 0.173 e. The average Bonchev–Trinajstić information content (AvgIpc) is 2.61. The van der Waals surface area contributed by atoms with Crippen molar-refractivity contribution in [3.63, 3.8) is 0 Å². The topological polar surface area (TPSA) is 21.3 Å². The van der Waals surface area contributed by atoms with Crippen LogP contribution in [0.5, 0.6) is 5.06 Å². The van der Waals surface area contributed by atoms with Crippen molar-refractivity contribution in [3.8, 4) is 5.06 Å². The Morgan fingerprint density at radius 2 is 2.46 bits per heavy atom. The van der Waals surface area contributed by atoms with Gasteiger partial charge in [0, 0.05) is 17.5 Å². The van der Waals surface area contributed by atoms with E-state index in [0.717, 1.165) is 11.6 Å². The van der Waals surface area contributed by atoms with Gasteiger partial charge in [-0.2, -0.15) is 0 Å². The molecule has 0 aliphatic carbocycles. The highest BCUT2D eigenvalue weighted by atomic mass is 32.1. The molecule has 2 nitrogen and oxygen atoms in total. The number of hydrogen-bond donors (Lipinski definition) is 1. The van der Waals surface area contributed by atoms with Crippen LogP contribution < -0.4 is 10.1 Å². The van der Waals surface area contributed by atoms with Crippen molar-refractivity contribution in [2.24, 2.45) is 0 Å². The lowest BCUT2D eigenvalue weighted by atomic mass is 10.3. The fourth-order valence-electron chi connectivity index (χ4n) is 0.908. The number of thiophene rings is 1. The van der Waals surface area contributed by atoms with Crippen LogP contribution in [0, 0.1) is 0 Å². The van der Waals surface area contributed by atoms with Crippen LogP contribution in [0.4, 0.5) is 0 Å². The number of nitrogens with one attached hydrogen (secondary N) is 1. The van der Waals surface area contributed by atoms with E-state index in [1.807, 2.05) is 12.1 Å². The molecule has 0 saturated heterocycles. The molecule has 0 spiro atoms. The average molecular weight is 197 g/mol. The molecular weight excluding hydrogens is 182 g/mol. The molecule has 1 heterocycles. The monoisotopic (exact) mass is 197 g/mol. The summed E-state index contributed by atoms with van der Waals surface area (Å²) in [4.78, 5) is 1.28. The van der Waals surface area contributed by atoms with Crippen molar-refractivity contribution >= 4 is 11.3 Å². The van der Waals surface area contributed by atoms with Gasteiger partial charge in [-0.1, -0.05) is 6.08 Å². The third-order valence-electron chi connectivity index (χ3n) is 1.79. The van der Waals surface area contributed by atoms with Crippen molar-refractivity contribution in [2.45, 2.75) is 19.5 Å². The fourth-order valence-corrected chi connectivity index (χ4v) is 1.68. The first-order valence-corrected chi connectivity index (χ1v) is 5.06. The van der Waals surface area contributed by atoms with Crippen molar-refractivity contribution in [3.05, 3.63) is 29.7 Å². The molecular formula is C10H15NOS. The van der Waals surface area contributed by atoms with Gasteiger partial charge in [0.1, 0.15) is 0 Å². The normalized spacial score (nSPS) is 12.5. The van der Waals surface area contributed by atoms with E-state index in [2.05, 4.69) is 24.9 Å². The van der Waals surface area contributed by atoms with E-state index >= 15 is 0 Å². The number of ether oxygens (including phenoxy) is 1. The second kappa shape index (κ2) is 5.04. The van der Waals surface area contributed by atoms with Crippen molar-refractivity contribution in [1.29, 1.82) is 0 Å². The molecule has 1 atom stereocenters. The van der Waals surface area contributed by atoms with E-state index in [4.69, 9.17) is 4.74 Å². The lowest BCUT2D eigenvalue weighted by Crippen LogP contribution is -2.22. The second-order valence-electron chi connectivity index (χ2n) is 2.83. The van der Waals surface area contributed by atoms with Gasteiger partial charge in [-0.05, 0) is 19.1 Å². The van der Waals surface area contributed by atoms with Crippen LogP contribution >= 0.6 is 11.3 Å². The minimum absolute atomic E-state index is 0.355. The standard InChI is InChI=1S/C10H15NOS/c1-4-8(2)11-7-9-5-6-10(12-3)13-9/h4-6,8,11H,1,7H2,2-3H3. The SMILES string of the molecule is C=CC(C)NCc1ccc(OC)s1. The van der Waals surface area contributed by atoms with Gasteiger partial charge in [0.05, 0.1) is 7.11 Å². The summed E-state index contributed by atoms with van der Waals surface area (Å²) < 4.78 is 5.10. The molecule has 0 fully saturated rings. The summed E-state index contributed by atoms with van der Waals surface area (Å²) in [6, 6.07) is 4.42. The molecule has 0 aliphatic heterocycles. The Morgan fingerprint density at radius 3 is 3.00 bits per heavy atom. The Balaban J connectivity index is 2.40. The molecule has 13 heavy (non-hydrogen) atoms. The van der Waals surface area contributed by atoms with E-state index in [-0.39, 0.29) is 0 Å². The summed E-state index contributed by atoms with van der Waals surface area (Å²) in [5.74, 6) is 0. The molecule has 1 aromatic rings. The smallest absolute Gasteiger partial charge is 0.173 e. The van der Waals surface area contributed by atoms with Crippen LogP contribution in [-0.4, -0.2) is 13.2 Å². The summed E-state index contributed by atoms with van der Waals surface area (Å²) in [5, 5.41) is 4.28. The molecule has 1 N–H and O–H groups in total. The molecule has 1 rings (SSSR count). The fraction of sp³-hybridized carbons (Fsp3) is 0.400. The predicted octanol–water partition coefficient (Wildman–Crippen LogP) is 2.42. The molecule has 0 saturated carbocycles. The molecule has 0 aliphatic rings. The molecule has 72 valence electrons. The largest absolute Gasteiger partial charge is 0.487 e. The third-order valence-corrected chi connectivity index (χ3v) is 2.84. The predicted molar refractivity (Wildman–Crippen MR) is 57.4 cm³/mol. The molecule has 0 amide bonds. The first-order valence-electron chi connectivity index (χ1n) is 4.25. The molecule has 0 radical (unpaired) electrons. The van der Waals surface area contributed by atoms with Crippen LogP contribution in [0.2, 0.25) is 0 Å². The summed E-state index contributed by atoms with van der Waals surface area (Å²) in [5.41, 5.74) is 0. The highest BCUT2D eigenvalue weighted by Crippen LogP contribution is 2.23. The van der Waals surface area contributed by atoms with Crippen molar-refractivity contribution in [2.75, 3.05) is 7.11 Å². The Kier molecular flexibility index (Phi) is 3.99. The lowest BCUT2D eigenvalue weighted by molar-refractivity contribution is 0.427. The van der Waals surface area contributed by atoms with Crippen LogP contribution in [-0.2, 0) is 6.54 Å². The van der Waals surface area contributed by atoms with Crippen molar-refractivity contribution < 1.29 is 4.74 Å². The van der Waals surface area contributed by atoms with Gasteiger partial charge in [0.2, 0.25) is 0 Å². The lowest BCUT2D eigenvalue weighted by Gasteiger charge is -2.06. The molecule has 1 aromatic heterocycles. The number of rotatable bonds is 5. The zero-order chi connectivity index (χ0) is 9.68. The second-order valence-corrected chi connectivity index (χ2v) is 3.96. The van der Waals surface area contributed by atoms with Gasteiger partial charge in [0.15, 0.2) is 5.06 Å². The zero-order valence-corrected chi connectivity index (χ0v) is 8.86. The van der Waals surface area contributed by atoms with Gasteiger partial charge >= 0.3 is 0 Å². The summed E-state index contributed by atoms with van der Waals surface area (Å²) in [6.07, 6.45) is 1.89. The third kappa shape index (κ3) is 3.20. The van der Waals surface area contributed by atoms with Gasteiger partial charge in [0.25, 0.3) is 0 Å². The van der Waals surface area contributed by atoms with Gasteiger partial charge in [-0.15, -0.1) is 17.9 Å². The highest BCUT2D eigenvalue weighted by molar-refractivity contribution is 7.13. The van der Waals surface area contributed by atoms with E-state index in [9.17, 15) is 0 Å². The van der Waals surface area contributed by atoms with Gasteiger partial charge in [-0.3, -0.25) is 0 Å². The summed E-state index contributed by atoms with van der Waals surface area (Å²) in [7, 11) is 1.69. The number of methoxy groups -OCH3 is 1. The first-order chi connectivity index (χ1) is 6.26. The maximum absolute atomic E-state index is 5.10. The first kappa shape index (κ1) is 10.3. The van der Waals surface area contributed by atoms with Crippen molar-refractivity contribution in [1.82, 2.24) is 5.32 Å². The van der Waals surface area contributed by atoms with Gasteiger partial charge < -0.3 is 10.1 Å². The van der Waals surface area contributed by atoms with Crippen LogP contribution in [0.1, 0.15) is 11.8 Å². The van der Waals surface area contributed by atoms with E-state index in [1.165, 1.54) is 4.88 Å². The molecule has 0 bridgehead atoms. The molecule has 1 unspecified atom stereocenters. The van der Waals surface area contributed by atoms with E-state index < -0.39 is 0 Å². The number of hydrogen-bond acceptors (Lipinski definition) is 3. The molecule has 3 heteroatoms. The van der Waals surface area contributed by atoms with E-state index in [0.29, 0.717) is 6.04 Å². The van der Waals surface area contributed by atoms with Crippen LogP contribution in [0.15, 0.2) is 24.8 Å².